The van der Waals surface area contributed by atoms with Gasteiger partial charge < -0.3 is 11.1 Å². The maximum absolute atomic E-state index is 12.7. The van der Waals surface area contributed by atoms with Crippen molar-refractivity contribution in [1.82, 2.24) is 29.7 Å². The fraction of sp³-hybridized carbons (Fsp3) is 0.0870. The van der Waals surface area contributed by atoms with Crippen LogP contribution in [-0.4, -0.2) is 30.2 Å². The van der Waals surface area contributed by atoms with Crippen molar-refractivity contribution in [2.45, 2.75) is 13.0 Å². The van der Waals surface area contributed by atoms with Crippen molar-refractivity contribution in [2.75, 3.05) is 5.73 Å². The summed E-state index contributed by atoms with van der Waals surface area (Å²) in [5.74, 6) is 0.184. The smallest absolute Gasteiger partial charge is 0.251 e. The fourth-order valence-corrected chi connectivity index (χ4v) is 3.68. The molecule has 0 saturated carbocycles. The van der Waals surface area contributed by atoms with Gasteiger partial charge in [-0.15, -0.1) is 0 Å². The summed E-state index contributed by atoms with van der Waals surface area (Å²) in [7, 11) is 0. The molecule has 0 bridgehead atoms. The van der Waals surface area contributed by atoms with Crippen molar-refractivity contribution < 1.29 is 4.79 Å². The zero-order valence-corrected chi connectivity index (χ0v) is 17.6. The second kappa shape index (κ2) is 8.24. The number of aromatic nitrogens is 5. The molecule has 1 amide bonds. The highest BCUT2D eigenvalue weighted by atomic mass is 35.5. The number of rotatable bonds is 5. The molecule has 32 heavy (non-hydrogen) atoms. The van der Waals surface area contributed by atoms with Crippen molar-refractivity contribution in [3.63, 3.8) is 0 Å². The van der Waals surface area contributed by atoms with Gasteiger partial charge in [0.05, 0.1) is 10.5 Å². The zero-order valence-electron chi connectivity index (χ0n) is 16.9. The summed E-state index contributed by atoms with van der Waals surface area (Å²) in [5.41, 5.74) is 10.5. The van der Waals surface area contributed by atoms with E-state index >= 15 is 0 Å². The number of nitrogens with two attached hydrogens (primary N) is 1. The minimum Gasteiger partial charge on any atom is -0.381 e. The SMILES string of the molecule is Nc1ncn2cc(CNC(=O)c3ccnc(Cc4ccc5ncc(Cl)cc5c4)c3)cnc12. The number of pyridine rings is 2. The first-order chi connectivity index (χ1) is 15.5. The molecule has 4 heterocycles. The first-order valence-electron chi connectivity index (χ1n) is 9.89. The number of imidazole rings is 1. The number of carbonyl (C=O) groups excluding carboxylic acids is 1. The highest BCUT2D eigenvalue weighted by Crippen LogP contribution is 2.20. The molecule has 5 aromatic rings. The van der Waals surface area contributed by atoms with Crippen LogP contribution in [0.5, 0.6) is 0 Å². The molecule has 1 aromatic carbocycles. The molecule has 0 aliphatic rings. The second-order valence-electron chi connectivity index (χ2n) is 7.40. The normalized spacial score (nSPS) is 11.2. The van der Waals surface area contributed by atoms with Crippen LogP contribution in [0.1, 0.15) is 27.2 Å². The molecule has 4 aromatic heterocycles. The molecule has 0 unspecified atom stereocenters. The number of carbonyl (C=O) groups is 1. The van der Waals surface area contributed by atoms with E-state index in [1.54, 1.807) is 41.5 Å². The van der Waals surface area contributed by atoms with Gasteiger partial charge >= 0.3 is 0 Å². The molecule has 0 saturated heterocycles. The lowest BCUT2D eigenvalue weighted by atomic mass is 10.0. The highest BCUT2D eigenvalue weighted by Gasteiger charge is 2.09. The van der Waals surface area contributed by atoms with Gasteiger partial charge in [-0.3, -0.25) is 19.2 Å². The molecule has 8 nitrogen and oxygen atoms in total. The van der Waals surface area contributed by atoms with Crippen molar-refractivity contribution in [1.29, 1.82) is 0 Å². The van der Waals surface area contributed by atoms with Crippen molar-refractivity contribution in [2.24, 2.45) is 0 Å². The van der Waals surface area contributed by atoms with E-state index in [2.05, 4.69) is 25.3 Å². The first kappa shape index (κ1) is 19.9. The number of benzene rings is 1. The Morgan fingerprint density at radius 1 is 1.03 bits per heavy atom. The molecule has 0 spiro atoms. The number of fused-ring (bicyclic) bond motifs is 2. The Morgan fingerprint density at radius 3 is 2.84 bits per heavy atom. The molecule has 5 rings (SSSR count). The Balaban J connectivity index is 1.29. The summed E-state index contributed by atoms with van der Waals surface area (Å²) in [6.45, 7) is 0.329. The van der Waals surface area contributed by atoms with Crippen LogP contribution in [0.3, 0.4) is 0 Å². The predicted octanol–water partition coefficient (Wildman–Crippen LogP) is 3.43. The molecular weight excluding hydrogens is 426 g/mol. The lowest BCUT2D eigenvalue weighted by Gasteiger charge is -2.08. The average Bonchev–Trinajstić information content (AvgIpc) is 3.17. The highest BCUT2D eigenvalue weighted by molar-refractivity contribution is 6.31. The molecular formula is C23H18ClN7O. The van der Waals surface area contributed by atoms with Crippen LogP contribution in [-0.2, 0) is 13.0 Å². The first-order valence-corrected chi connectivity index (χ1v) is 10.3. The van der Waals surface area contributed by atoms with Gasteiger partial charge in [0, 0.05) is 60.0 Å². The molecule has 0 aliphatic heterocycles. The third-order valence-electron chi connectivity index (χ3n) is 5.08. The molecule has 0 fully saturated rings. The minimum absolute atomic E-state index is 0.187. The van der Waals surface area contributed by atoms with Crippen molar-refractivity contribution in [3.8, 4) is 0 Å². The summed E-state index contributed by atoms with van der Waals surface area (Å²) in [5, 5.41) is 4.48. The number of amides is 1. The molecule has 9 heteroatoms. The molecule has 158 valence electrons. The van der Waals surface area contributed by atoms with E-state index in [1.807, 2.05) is 30.5 Å². The number of anilines is 1. The zero-order chi connectivity index (χ0) is 22.1. The van der Waals surface area contributed by atoms with Gasteiger partial charge in [0.1, 0.15) is 6.33 Å². The Hall–Kier alpha value is -4.04. The summed E-state index contributed by atoms with van der Waals surface area (Å²) in [6, 6.07) is 11.4. The van der Waals surface area contributed by atoms with Gasteiger partial charge in [0.25, 0.3) is 5.91 Å². The molecule has 0 atom stereocenters. The van der Waals surface area contributed by atoms with Gasteiger partial charge in [-0.2, -0.15) is 0 Å². The molecule has 0 radical (unpaired) electrons. The second-order valence-corrected chi connectivity index (χ2v) is 7.84. The third-order valence-corrected chi connectivity index (χ3v) is 5.29. The number of nitrogens with one attached hydrogen (secondary N) is 1. The average molecular weight is 444 g/mol. The van der Waals surface area contributed by atoms with Gasteiger partial charge in [0.2, 0.25) is 0 Å². The van der Waals surface area contributed by atoms with Crippen LogP contribution < -0.4 is 11.1 Å². The predicted molar refractivity (Wildman–Crippen MR) is 122 cm³/mol. The Bertz CT molecular complexity index is 1460. The number of hydrogen-bond acceptors (Lipinski definition) is 6. The van der Waals surface area contributed by atoms with E-state index < -0.39 is 0 Å². The van der Waals surface area contributed by atoms with Crippen LogP contribution in [0.25, 0.3) is 16.6 Å². The third kappa shape index (κ3) is 4.08. The van der Waals surface area contributed by atoms with E-state index in [4.69, 9.17) is 17.3 Å². The van der Waals surface area contributed by atoms with E-state index in [9.17, 15) is 4.79 Å². The monoisotopic (exact) mass is 443 g/mol. The van der Waals surface area contributed by atoms with Gasteiger partial charge in [-0.25, -0.2) is 9.97 Å². The lowest BCUT2D eigenvalue weighted by Crippen LogP contribution is -2.23. The van der Waals surface area contributed by atoms with Gasteiger partial charge in [0.15, 0.2) is 11.5 Å². The van der Waals surface area contributed by atoms with Crippen molar-refractivity contribution >= 4 is 39.9 Å². The summed E-state index contributed by atoms with van der Waals surface area (Å²) >= 11 is 6.06. The number of nitrogens with zero attached hydrogens (tertiary/aromatic N) is 5. The largest absolute Gasteiger partial charge is 0.381 e. The van der Waals surface area contributed by atoms with E-state index in [0.717, 1.165) is 27.7 Å². The summed E-state index contributed by atoms with van der Waals surface area (Å²) < 4.78 is 1.73. The maximum Gasteiger partial charge on any atom is 0.251 e. The van der Waals surface area contributed by atoms with Crippen LogP contribution in [0.4, 0.5) is 5.82 Å². The summed E-state index contributed by atoms with van der Waals surface area (Å²) in [6.07, 6.45) is 8.97. The topological polar surface area (TPSA) is 111 Å². The molecule has 3 N–H and O–H groups in total. The van der Waals surface area contributed by atoms with Crippen LogP contribution >= 0.6 is 11.6 Å². The van der Waals surface area contributed by atoms with Gasteiger partial charge in [-0.1, -0.05) is 17.7 Å². The van der Waals surface area contributed by atoms with Crippen LogP contribution in [0.15, 0.2) is 67.5 Å². The lowest BCUT2D eigenvalue weighted by molar-refractivity contribution is 0.0950. The quantitative estimate of drug-likeness (QED) is 0.430. The number of halogens is 1. The Labute approximate surface area is 188 Å². The standard InChI is InChI=1S/C23H18ClN7O/c24-18-7-17-5-14(1-2-20(17)27-11-18)6-19-8-16(3-4-26-19)23(32)29-10-15-9-28-22-21(25)30-13-31(22)12-15/h1-5,7-9,11-13H,6,10,25H2,(H,29,32). The van der Waals surface area contributed by atoms with Crippen LogP contribution in [0.2, 0.25) is 5.02 Å². The number of hydrogen-bond donors (Lipinski definition) is 2. The van der Waals surface area contributed by atoms with E-state index in [1.165, 1.54) is 0 Å². The van der Waals surface area contributed by atoms with E-state index in [0.29, 0.717) is 35.0 Å². The Morgan fingerprint density at radius 2 is 1.94 bits per heavy atom. The summed E-state index contributed by atoms with van der Waals surface area (Å²) in [4.78, 5) is 29.7. The fourth-order valence-electron chi connectivity index (χ4n) is 3.52. The minimum atomic E-state index is -0.187. The van der Waals surface area contributed by atoms with Crippen LogP contribution in [0, 0.1) is 0 Å². The van der Waals surface area contributed by atoms with Crippen molar-refractivity contribution in [3.05, 3.63) is 94.9 Å². The molecule has 0 aliphatic carbocycles. The number of nitrogen functional groups attached to an aromatic ring is 1. The Kier molecular flexibility index (Phi) is 5.12. The van der Waals surface area contributed by atoms with Gasteiger partial charge in [-0.05, 0) is 35.9 Å². The van der Waals surface area contributed by atoms with E-state index in [-0.39, 0.29) is 5.91 Å². The maximum atomic E-state index is 12.7.